The van der Waals surface area contributed by atoms with Gasteiger partial charge in [-0.3, -0.25) is 9.52 Å². The third-order valence-corrected chi connectivity index (χ3v) is 5.20. The van der Waals surface area contributed by atoms with Crippen LogP contribution >= 0.6 is 0 Å². The summed E-state index contributed by atoms with van der Waals surface area (Å²) >= 11 is 0. The number of carboxylic acids is 1. The van der Waals surface area contributed by atoms with Crippen molar-refractivity contribution in [3.63, 3.8) is 0 Å². The Kier molecular flexibility index (Phi) is 3.76. The predicted molar refractivity (Wildman–Crippen MR) is 87.8 cm³/mol. The Bertz CT molecular complexity index is 935. The van der Waals surface area contributed by atoms with E-state index in [1.807, 2.05) is 0 Å². The quantitative estimate of drug-likeness (QED) is 0.877. The van der Waals surface area contributed by atoms with Crippen LogP contribution in [0.1, 0.15) is 15.9 Å². The Balaban J connectivity index is 1.87. The van der Waals surface area contributed by atoms with Gasteiger partial charge in [0.25, 0.3) is 10.0 Å². The van der Waals surface area contributed by atoms with E-state index in [-0.39, 0.29) is 28.5 Å². The van der Waals surface area contributed by atoms with Crippen molar-refractivity contribution in [2.45, 2.75) is 11.3 Å². The van der Waals surface area contributed by atoms with Gasteiger partial charge in [-0.25, -0.2) is 13.2 Å². The van der Waals surface area contributed by atoms with Crippen LogP contribution < -0.4 is 9.62 Å². The molecule has 2 N–H and O–H groups in total. The lowest BCUT2D eigenvalue weighted by Gasteiger charge is -2.12. The summed E-state index contributed by atoms with van der Waals surface area (Å²) in [5.41, 5.74) is 1.68. The summed E-state index contributed by atoms with van der Waals surface area (Å²) in [7, 11) is -2.19. The van der Waals surface area contributed by atoms with Crippen molar-refractivity contribution in [3.05, 3.63) is 53.6 Å². The number of hydrogen-bond donors (Lipinski definition) is 2. The van der Waals surface area contributed by atoms with Crippen molar-refractivity contribution in [3.8, 4) is 0 Å². The lowest BCUT2D eigenvalue weighted by molar-refractivity contribution is -0.117. The molecule has 0 fully saturated rings. The minimum atomic E-state index is -3.83. The van der Waals surface area contributed by atoms with E-state index in [1.54, 1.807) is 13.1 Å². The third kappa shape index (κ3) is 2.83. The average Bonchev–Trinajstić information content (AvgIpc) is 2.82. The largest absolute Gasteiger partial charge is 0.478 e. The molecule has 1 amide bonds. The molecule has 2 aromatic rings. The second-order valence-electron chi connectivity index (χ2n) is 5.41. The zero-order valence-electron chi connectivity index (χ0n) is 12.7. The van der Waals surface area contributed by atoms with Gasteiger partial charge >= 0.3 is 5.97 Å². The van der Waals surface area contributed by atoms with Crippen LogP contribution in [0.5, 0.6) is 0 Å². The fraction of sp³-hybridized carbons (Fsp3) is 0.125. The number of sulfonamides is 1. The van der Waals surface area contributed by atoms with Crippen LogP contribution in [-0.4, -0.2) is 32.4 Å². The van der Waals surface area contributed by atoms with Gasteiger partial charge in [0.05, 0.1) is 16.9 Å². The van der Waals surface area contributed by atoms with Crippen molar-refractivity contribution < 1.29 is 23.1 Å². The maximum absolute atomic E-state index is 12.5. The van der Waals surface area contributed by atoms with E-state index >= 15 is 0 Å². The standard InChI is InChI=1S/C16H14N2O5S/c1-18-14-7-6-13(8-11(14)9-15(18)19)24(22,23)17-12-4-2-10(3-5-12)16(20)21/h2-8,17H,9H2,1H3,(H,20,21). The highest BCUT2D eigenvalue weighted by Crippen LogP contribution is 2.30. The fourth-order valence-corrected chi connectivity index (χ4v) is 3.62. The number of carbonyl (C=O) groups is 2. The van der Waals surface area contributed by atoms with Gasteiger partial charge in [-0.2, -0.15) is 0 Å². The van der Waals surface area contributed by atoms with Gasteiger partial charge in [0.1, 0.15) is 0 Å². The molecule has 24 heavy (non-hydrogen) atoms. The molecule has 1 aliphatic rings. The lowest BCUT2D eigenvalue weighted by atomic mass is 10.2. The highest BCUT2D eigenvalue weighted by molar-refractivity contribution is 7.92. The van der Waals surface area contributed by atoms with Crippen LogP contribution in [-0.2, 0) is 21.2 Å². The van der Waals surface area contributed by atoms with Crippen LogP contribution in [0.15, 0.2) is 47.4 Å². The zero-order chi connectivity index (χ0) is 17.5. The second kappa shape index (κ2) is 5.64. The first-order valence-electron chi connectivity index (χ1n) is 7.03. The number of amides is 1. The molecule has 0 aliphatic carbocycles. The zero-order valence-corrected chi connectivity index (χ0v) is 13.5. The van der Waals surface area contributed by atoms with Crippen molar-refractivity contribution in [2.24, 2.45) is 0 Å². The van der Waals surface area contributed by atoms with Crippen molar-refractivity contribution >= 4 is 33.3 Å². The van der Waals surface area contributed by atoms with Crippen molar-refractivity contribution in [1.82, 2.24) is 0 Å². The molecule has 0 atom stereocenters. The Morgan fingerprint density at radius 1 is 1.17 bits per heavy atom. The number of carbonyl (C=O) groups excluding carboxylic acids is 1. The number of aromatic carboxylic acids is 1. The fourth-order valence-electron chi connectivity index (χ4n) is 2.51. The first kappa shape index (κ1) is 16.0. The SMILES string of the molecule is CN1C(=O)Cc2cc(S(=O)(=O)Nc3ccc(C(=O)O)cc3)ccc21. The summed E-state index contributed by atoms with van der Waals surface area (Å²) in [6.07, 6.45) is 0.169. The monoisotopic (exact) mass is 346 g/mol. The second-order valence-corrected chi connectivity index (χ2v) is 7.09. The van der Waals surface area contributed by atoms with Crippen LogP contribution in [0.2, 0.25) is 0 Å². The van der Waals surface area contributed by atoms with Gasteiger partial charge in [-0.15, -0.1) is 0 Å². The highest BCUT2D eigenvalue weighted by atomic mass is 32.2. The maximum atomic E-state index is 12.5. The molecule has 3 rings (SSSR count). The first-order chi connectivity index (χ1) is 11.3. The molecule has 2 aromatic carbocycles. The minimum absolute atomic E-state index is 0.0478. The number of anilines is 2. The Morgan fingerprint density at radius 3 is 2.46 bits per heavy atom. The smallest absolute Gasteiger partial charge is 0.335 e. The molecule has 0 saturated heterocycles. The molecule has 0 radical (unpaired) electrons. The first-order valence-corrected chi connectivity index (χ1v) is 8.52. The normalized spacial score (nSPS) is 13.7. The molecular weight excluding hydrogens is 332 g/mol. The number of nitrogens with one attached hydrogen (secondary N) is 1. The van der Waals surface area contributed by atoms with Crippen LogP contribution in [0.4, 0.5) is 11.4 Å². The van der Waals surface area contributed by atoms with Gasteiger partial charge in [-0.05, 0) is 48.0 Å². The topological polar surface area (TPSA) is 104 Å². The molecule has 8 heteroatoms. The molecule has 0 spiro atoms. The lowest BCUT2D eigenvalue weighted by Crippen LogP contribution is -2.20. The Labute approximate surface area is 138 Å². The van der Waals surface area contributed by atoms with Gasteiger partial charge in [0.15, 0.2) is 0 Å². The number of likely N-dealkylation sites (N-methyl/N-ethyl adjacent to an activating group) is 1. The molecular formula is C16H14N2O5S. The summed E-state index contributed by atoms with van der Waals surface area (Å²) in [5, 5.41) is 8.85. The third-order valence-electron chi connectivity index (χ3n) is 3.82. The molecule has 0 unspecified atom stereocenters. The molecule has 1 heterocycles. The van der Waals surface area contributed by atoms with E-state index in [4.69, 9.17) is 5.11 Å². The Hall–Kier alpha value is -2.87. The summed E-state index contributed by atoms with van der Waals surface area (Å²) < 4.78 is 27.3. The van der Waals surface area contributed by atoms with Crippen molar-refractivity contribution in [1.29, 1.82) is 0 Å². The van der Waals surface area contributed by atoms with E-state index in [1.165, 1.54) is 41.3 Å². The van der Waals surface area contributed by atoms with Crippen LogP contribution in [0.25, 0.3) is 0 Å². The summed E-state index contributed by atoms with van der Waals surface area (Å²) in [6, 6.07) is 9.90. The van der Waals surface area contributed by atoms with Crippen molar-refractivity contribution in [2.75, 3.05) is 16.7 Å². The maximum Gasteiger partial charge on any atom is 0.335 e. The molecule has 7 nitrogen and oxygen atoms in total. The number of carboxylic acid groups (broad SMARTS) is 1. The van der Waals surface area contributed by atoms with E-state index in [0.717, 1.165) is 0 Å². The number of nitrogens with zero attached hydrogens (tertiary/aromatic N) is 1. The van der Waals surface area contributed by atoms with Gasteiger partial charge < -0.3 is 10.0 Å². The molecule has 0 aromatic heterocycles. The summed E-state index contributed by atoms with van der Waals surface area (Å²) in [4.78, 5) is 24.0. The Morgan fingerprint density at radius 2 is 1.83 bits per heavy atom. The molecule has 1 aliphatic heterocycles. The number of rotatable bonds is 4. The number of benzene rings is 2. The van der Waals surface area contributed by atoms with E-state index < -0.39 is 16.0 Å². The number of hydrogen-bond acceptors (Lipinski definition) is 4. The van der Waals surface area contributed by atoms with Crippen LogP contribution in [0.3, 0.4) is 0 Å². The van der Waals surface area contributed by atoms with E-state index in [2.05, 4.69) is 4.72 Å². The van der Waals surface area contributed by atoms with E-state index in [0.29, 0.717) is 11.3 Å². The van der Waals surface area contributed by atoms with E-state index in [9.17, 15) is 18.0 Å². The molecule has 0 bridgehead atoms. The van der Waals surface area contributed by atoms with Crippen LogP contribution in [0, 0.1) is 0 Å². The van der Waals surface area contributed by atoms with Gasteiger partial charge in [0, 0.05) is 18.4 Å². The average molecular weight is 346 g/mol. The summed E-state index contributed by atoms with van der Waals surface area (Å²) in [6.45, 7) is 0. The van der Waals surface area contributed by atoms with Gasteiger partial charge in [-0.1, -0.05) is 0 Å². The predicted octanol–water partition coefficient (Wildman–Crippen LogP) is 1.70. The number of fused-ring (bicyclic) bond motifs is 1. The minimum Gasteiger partial charge on any atom is -0.478 e. The van der Waals surface area contributed by atoms with Gasteiger partial charge in [0.2, 0.25) is 5.91 Å². The summed E-state index contributed by atoms with van der Waals surface area (Å²) in [5.74, 6) is -1.17. The highest BCUT2D eigenvalue weighted by Gasteiger charge is 2.26. The molecule has 0 saturated carbocycles. The molecule has 124 valence electrons.